The number of carbonyl (C=O) groups is 1. The van der Waals surface area contributed by atoms with Crippen molar-refractivity contribution in [3.05, 3.63) is 41.7 Å². The van der Waals surface area contributed by atoms with E-state index < -0.39 is 5.91 Å². The van der Waals surface area contributed by atoms with Crippen LogP contribution in [0, 0.1) is 0 Å². The number of hydrogen-bond acceptors (Lipinski definition) is 5. The molecule has 1 saturated heterocycles. The second-order valence-corrected chi connectivity index (χ2v) is 5.51. The molecule has 0 radical (unpaired) electrons. The Labute approximate surface area is 129 Å². The third kappa shape index (κ3) is 2.92. The quantitative estimate of drug-likeness (QED) is 0.791. The number of nitrogen functional groups attached to an aromatic ring is 1. The normalized spacial score (nSPS) is 18.1. The van der Waals surface area contributed by atoms with Gasteiger partial charge in [-0.1, -0.05) is 12.1 Å². The lowest BCUT2D eigenvalue weighted by molar-refractivity contribution is 0.100. The Morgan fingerprint density at radius 3 is 2.68 bits per heavy atom. The molecule has 5 N–H and O–H groups in total. The molecule has 1 aliphatic rings. The Morgan fingerprint density at radius 2 is 2.05 bits per heavy atom. The highest BCUT2D eigenvalue weighted by molar-refractivity contribution is 5.93. The monoisotopic (exact) mass is 297 g/mol. The zero-order chi connectivity index (χ0) is 15.5. The van der Waals surface area contributed by atoms with Crippen LogP contribution in [0.1, 0.15) is 34.8 Å². The molecule has 1 atom stereocenters. The lowest BCUT2D eigenvalue weighted by Crippen LogP contribution is -2.29. The van der Waals surface area contributed by atoms with Crippen LogP contribution >= 0.6 is 0 Å². The maximum absolute atomic E-state index is 11.2. The van der Waals surface area contributed by atoms with Crippen LogP contribution in [0.2, 0.25) is 0 Å². The minimum absolute atomic E-state index is 0.290. The summed E-state index contributed by atoms with van der Waals surface area (Å²) in [6.07, 6.45) is 3.95. The highest BCUT2D eigenvalue weighted by atomic mass is 16.1. The number of aromatic nitrogens is 2. The van der Waals surface area contributed by atoms with Crippen molar-refractivity contribution in [1.82, 2.24) is 15.3 Å². The van der Waals surface area contributed by atoms with Crippen molar-refractivity contribution < 1.29 is 4.79 Å². The van der Waals surface area contributed by atoms with Crippen molar-refractivity contribution in [1.29, 1.82) is 0 Å². The van der Waals surface area contributed by atoms with E-state index in [4.69, 9.17) is 11.5 Å². The number of piperidine rings is 1. The maximum Gasteiger partial charge on any atom is 0.248 e. The molecule has 2 heterocycles. The Balaban J connectivity index is 2.00. The Kier molecular flexibility index (Phi) is 4.02. The first kappa shape index (κ1) is 14.5. The first-order chi connectivity index (χ1) is 10.6. The summed E-state index contributed by atoms with van der Waals surface area (Å²) in [6.45, 7) is 1.93. The SMILES string of the molecule is NC(=O)c1ccc(-c2cnc(N)nc2C2CCCNC2)cc1. The van der Waals surface area contributed by atoms with E-state index >= 15 is 0 Å². The first-order valence-electron chi connectivity index (χ1n) is 7.38. The summed E-state index contributed by atoms with van der Waals surface area (Å²) in [5.74, 6) is 0.180. The fourth-order valence-corrected chi connectivity index (χ4v) is 2.84. The van der Waals surface area contributed by atoms with Gasteiger partial charge in [-0.05, 0) is 37.1 Å². The third-order valence-electron chi connectivity index (χ3n) is 4.00. The molecule has 0 saturated carbocycles. The van der Waals surface area contributed by atoms with Gasteiger partial charge >= 0.3 is 0 Å². The van der Waals surface area contributed by atoms with Crippen molar-refractivity contribution in [2.75, 3.05) is 18.8 Å². The predicted molar refractivity (Wildman–Crippen MR) is 85.2 cm³/mol. The summed E-state index contributed by atoms with van der Waals surface area (Å²) in [5.41, 5.74) is 14.4. The van der Waals surface area contributed by atoms with E-state index in [1.165, 1.54) is 0 Å². The standard InChI is InChI=1S/C16H19N5O/c17-15(22)11-5-3-10(4-6-11)13-9-20-16(18)21-14(13)12-2-1-7-19-8-12/h3-6,9,12,19H,1-2,7-8H2,(H2,17,22)(H2,18,20,21). The fourth-order valence-electron chi connectivity index (χ4n) is 2.84. The summed E-state index contributed by atoms with van der Waals surface area (Å²) in [5, 5.41) is 3.39. The topological polar surface area (TPSA) is 107 Å². The minimum Gasteiger partial charge on any atom is -0.368 e. The summed E-state index contributed by atoms with van der Waals surface area (Å²) in [7, 11) is 0. The number of carbonyl (C=O) groups excluding carboxylic acids is 1. The molecule has 1 unspecified atom stereocenters. The summed E-state index contributed by atoms with van der Waals surface area (Å²) >= 11 is 0. The zero-order valence-corrected chi connectivity index (χ0v) is 12.2. The maximum atomic E-state index is 11.2. The number of benzene rings is 1. The second kappa shape index (κ2) is 6.11. The van der Waals surface area contributed by atoms with Crippen molar-refractivity contribution in [2.45, 2.75) is 18.8 Å². The van der Waals surface area contributed by atoms with Crippen LogP contribution in [0.4, 0.5) is 5.95 Å². The second-order valence-electron chi connectivity index (χ2n) is 5.51. The molecule has 6 nitrogen and oxygen atoms in total. The molecule has 1 aromatic carbocycles. The zero-order valence-electron chi connectivity index (χ0n) is 12.2. The molecular formula is C16H19N5O. The Bertz CT molecular complexity index is 677. The van der Waals surface area contributed by atoms with Crippen LogP contribution in [0.15, 0.2) is 30.5 Å². The van der Waals surface area contributed by atoms with Crippen LogP contribution in [0.5, 0.6) is 0 Å². The fraction of sp³-hybridized carbons (Fsp3) is 0.312. The Morgan fingerprint density at radius 1 is 1.27 bits per heavy atom. The third-order valence-corrected chi connectivity index (χ3v) is 4.00. The van der Waals surface area contributed by atoms with Crippen LogP contribution < -0.4 is 16.8 Å². The molecule has 1 aliphatic heterocycles. The number of anilines is 1. The number of rotatable bonds is 3. The molecule has 1 aromatic heterocycles. The van der Waals surface area contributed by atoms with Crippen molar-refractivity contribution >= 4 is 11.9 Å². The van der Waals surface area contributed by atoms with E-state index in [9.17, 15) is 4.79 Å². The van der Waals surface area contributed by atoms with Gasteiger partial charge in [0.25, 0.3) is 0 Å². The van der Waals surface area contributed by atoms with Gasteiger partial charge in [-0.3, -0.25) is 4.79 Å². The molecule has 1 amide bonds. The van der Waals surface area contributed by atoms with Gasteiger partial charge in [-0.15, -0.1) is 0 Å². The van der Waals surface area contributed by atoms with Crippen molar-refractivity contribution in [2.24, 2.45) is 5.73 Å². The number of nitrogens with one attached hydrogen (secondary N) is 1. The summed E-state index contributed by atoms with van der Waals surface area (Å²) in [6, 6.07) is 7.18. The van der Waals surface area contributed by atoms with Gasteiger partial charge in [-0.2, -0.15) is 0 Å². The molecule has 0 bridgehead atoms. The number of nitrogens with zero attached hydrogens (tertiary/aromatic N) is 2. The number of hydrogen-bond donors (Lipinski definition) is 3. The molecule has 114 valence electrons. The van der Waals surface area contributed by atoms with Gasteiger partial charge in [0.05, 0.1) is 5.69 Å². The molecule has 2 aromatic rings. The smallest absolute Gasteiger partial charge is 0.248 e. The molecule has 0 aliphatic carbocycles. The Hall–Kier alpha value is -2.47. The predicted octanol–water partition coefficient (Wildman–Crippen LogP) is 1.29. The largest absolute Gasteiger partial charge is 0.368 e. The molecule has 6 heteroatoms. The molecule has 0 spiro atoms. The summed E-state index contributed by atoms with van der Waals surface area (Å²) in [4.78, 5) is 19.8. The van der Waals surface area contributed by atoms with Gasteiger partial charge in [-0.25, -0.2) is 9.97 Å². The van der Waals surface area contributed by atoms with Gasteiger partial charge in [0.2, 0.25) is 11.9 Å². The van der Waals surface area contributed by atoms with E-state index in [0.29, 0.717) is 11.5 Å². The van der Waals surface area contributed by atoms with E-state index in [2.05, 4.69) is 15.3 Å². The van der Waals surface area contributed by atoms with Crippen LogP contribution in [0.25, 0.3) is 11.1 Å². The van der Waals surface area contributed by atoms with E-state index in [1.807, 2.05) is 12.1 Å². The summed E-state index contributed by atoms with van der Waals surface area (Å²) < 4.78 is 0. The number of nitrogens with two attached hydrogens (primary N) is 2. The minimum atomic E-state index is -0.434. The van der Waals surface area contributed by atoms with Gasteiger partial charge in [0.15, 0.2) is 0 Å². The number of amides is 1. The average molecular weight is 297 g/mol. The van der Waals surface area contributed by atoms with Gasteiger partial charge in [0.1, 0.15) is 0 Å². The van der Waals surface area contributed by atoms with Gasteiger partial charge in [0, 0.05) is 29.8 Å². The van der Waals surface area contributed by atoms with Crippen molar-refractivity contribution in [3.8, 4) is 11.1 Å². The van der Waals surface area contributed by atoms with E-state index in [0.717, 1.165) is 42.8 Å². The van der Waals surface area contributed by atoms with Crippen LogP contribution in [-0.2, 0) is 0 Å². The molecular weight excluding hydrogens is 278 g/mol. The highest BCUT2D eigenvalue weighted by Crippen LogP contribution is 2.31. The average Bonchev–Trinajstić information content (AvgIpc) is 2.56. The lowest BCUT2D eigenvalue weighted by Gasteiger charge is -2.24. The number of primary amides is 1. The first-order valence-corrected chi connectivity index (χ1v) is 7.38. The van der Waals surface area contributed by atoms with E-state index in [-0.39, 0.29) is 5.95 Å². The molecule has 22 heavy (non-hydrogen) atoms. The van der Waals surface area contributed by atoms with Crippen LogP contribution in [0.3, 0.4) is 0 Å². The van der Waals surface area contributed by atoms with E-state index in [1.54, 1.807) is 18.3 Å². The highest BCUT2D eigenvalue weighted by Gasteiger charge is 2.21. The van der Waals surface area contributed by atoms with Crippen molar-refractivity contribution in [3.63, 3.8) is 0 Å². The lowest BCUT2D eigenvalue weighted by atomic mass is 9.90. The van der Waals surface area contributed by atoms with Crippen LogP contribution in [-0.4, -0.2) is 29.0 Å². The molecule has 1 fully saturated rings. The molecule has 3 rings (SSSR count). The van der Waals surface area contributed by atoms with Gasteiger partial charge < -0.3 is 16.8 Å².